The van der Waals surface area contributed by atoms with Crippen molar-refractivity contribution in [2.45, 2.75) is 0 Å². The van der Waals surface area contributed by atoms with E-state index < -0.39 is 5.82 Å². The zero-order chi connectivity index (χ0) is 15.0. The van der Waals surface area contributed by atoms with Gasteiger partial charge in [-0.25, -0.2) is 4.39 Å². The average Bonchev–Trinajstić information content (AvgIpc) is 2.45. The molecule has 3 rings (SSSR count). The molecule has 0 fully saturated rings. The van der Waals surface area contributed by atoms with Crippen LogP contribution in [0.25, 0.3) is 10.8 Å². The van der Waals surface area contributed by atoms with Gasteiger partial charge in [0.05, 0.1) is 10.7 Å². The molecule has 106 valence electrons. The van der Waals surface area contributed by atoms with Gasteiger partial charge in [-0.15, -0.1) is 0 Å². The van der Waals surface area contributed by atoms with Crippen LogP contribution in [-0.4, -0.2) is 0 Å². The first-order valence-electron chi connectivity index (χ1n) is 6.14. The van der Waals surface area contributed by atoms with E-state index in [0.717, 1.165) is 15.2 Å². The maximum Gasteiger partial charge on any atom is 0.153 e. The van der Waals surface area contributed by atoms with Gasteiger partial charge in [-0.2, -0.15) is 0 Å². The largest absolute Gasteiger partial charge is 0.455 e. The highest BCUT2D eigenvalue weighted by molar-refractivity contribution is 9.10. The topological polar surface area (TPSA) is 35.2 Å². The molecule has 0 aliphatic rings. The summed E-state index contributed by atoms with van der Waals surface area (Å²) in [7, 11) is 0. The van der Waals surface area contributed by atoms with Crippen LogP contribution in [0.2, 0.25) is 5.02 Å². The van der Waals surface area contributed by atoms with E-state index in [1.165, 1.54) is 12.1 Å². The van der Waals surface area contributed by atoms with Gasteiger partial charge in [0.25, 0.3) is 0 Å². The van der Waals surface area contributed by atoms with Gasteiger partial charge in [0.2, 0.25) is 0 Å². The Kier molecular flexibility index (Phi) is 3.74. The fourth-order valence-electron chi connectivity index (χ4n) is 2.02. The number of nitrogens with two attached hydrogens (primary N) is 1. The minimum atomic E-state index is -0.564. The van der Waals surface area contributed by atoms with Crippen LogP contribution < -0.4 is 10.5 Å². The Morgan fingerprint density at radius 2 is 1.71 bits per heavy atom. The third-order valence-electron chi connectivity index (χ3n) is 3.05. The summed E-state index contributed by atoms with van der Waals surface area (Å²) in [6.45, 7) is 0. The molecular formula is C16H10BrClFNO. The first-order chi connectivity index (χ1) is 10.0. The monoisotopic (exact) mass is 365 g/mol. The Labute approximate surface area is 134 Å². The zero-order valence-corrected chi connectivity index (χ0v) is 13.1. The second-order valence-corrected chi connectivity index (χ2v) is 5.88. The lowest BCUT2D eigenvalue weighted by atomic mass is 10.1. The van der Waals surface area contributed by atoms with Crippen LogP contribution in [0.15, 0.2) is 53.0 Å². The molecule has 21 heavy (non-hydrogen) atoms. The van der Waals surface area contributed by atoms with E-state index in [4.69, 9.17) is 22.1 Å². The summed E-state index contributed by atoms with van der Waals surface area (Å²) in [6.07, 6.45) is 0. The number of rotatable bonds is 2. The second-order valence-electron chi connectivity index (χ2n) is 4.56. The van der Waals surface area contributed by atoms with Crippen molar-refractivity contribution in [3.05, 3.63) is 63.8 Å². The van der Waals surface area contributed by atoms with E-state index in [2.05, 4.69) is 15.9 Å². The van der Waals surface area contributed by atoms with Crippen LogP contribution in [0.1, 0.15) is 0 Å². The van der Waals surface area contributed by atoms with Crippen molar-refractivity contribution in [1.29, 1.82) is 0 Å². The van der Waals surface area contributed by atoms with E-state index in [1.807, 2.05) is 30.3 Å². The molecule has 0 bridgehead atoms. The second kappa shape index (κ2) is 5.54. The van der Waals surface area contributed by atoms with Crippen molar-refractivity contribution in [2.75, 3.05) is 5.73 Å². The zero-order valence-electron chi connectivity index (χ0n) is 10.7. The minimum Gasteiger partial charge on any atom is -0.455 e. The minimum absolute atomic E-state index is 0.0248. The quantitative estimate of drug-likeness (QED) is 0.584. The Morgan fingerprint density at radius 1 is 1.00 bits per heavy atom. The van der Waals surface area contributed by atoms with Crippen molar-refractivity contribution < 1.29 is 9.13 Å². The van der Waals surface area contributed by atoms with Gasteiger partial charge in [0.1, 0.15) is 11.6 Å². The lowest BCUT2D eigenvalue weighted by Crippen LogP contribution is -1.94. The summed E-state index contributed by atoms with van der Waals surface area (Å²) in [5.74, 6) is 0.261. The number of hydrogen-bond donors (Lipinski definition) is 1. The smallest absolute Gasteiger partial charge is 0.153 e. The fraction of sp³-hybridized carbons (Fsp3) is 0. The molecule has 2 N–H and O–H groups in total. The predicted octanol–water partition coefficient (Wildman–Crippen LogP) is 5.77. The Morgan fingerprint density at radius 3 is 2.52 bits per heavy atom. The summed E-state index contributed by atoms with van der Waals surface area (Å²) in [6, 6.07) is 14.1. The molecule has 0 spiro atoms. The summed E-state index contributed by atoms with van der Waals surface area (Å²) < 4.78 is 20.1. The maximum absolute atomic E-state index is 13.5. The summed E-state index contributed by atoms with van der Waals surface area (Å²) in [5.41, 5.74) is 6.08. The van der Waals surface area contributed by atoms with Gasteiger partial charge in [-0.1, -0.05) is 39.7 Å². The molecule has 0 saturated carbocycles. The van der Waals surface area contributed by atoms with E-state index in [0.29, 0.717) is 5.75 Å². The molecule has 0 amide bonds. The van der Waals surface area contributed by atoms with Crippen molar-refractivity contribution in [1.82, 2.24) is 0 Å². The molecular weight excluding hydrogens is 357 g/mol. The highest BCUT2D eigenvalue weighted by Gasteiger charge is 2.09. The molecule has 0 aliphatic heterocycles. The Bertz CT molecular complexity index is 838. The number of anilines is 1. The molecule has 2 nitrogen and oxygen atoms in total. The molecule has 0 saturated heterocycles. The lowest BCUT2D eigenvalue weighted by Gasteiger charge is -2.10. The van der Waals surface area contributed by atoms with Crippen LogP contribution in [0.5, 0.6) is 11.5 Å². The van der Waals surface area contributed by atoms with Crippen molar-refractivity contribution in [3.63, 3.8) is 0 Å². The van der Waals surface area contributed by atoms with Crippen LogP contribution in [0.3, 0.4) is 0 Å². The first kappa shape index (κ1) is 14.2. The molecule has 0 unspecified atom stereocenters. The maximum atomic E-state index is 13.5. The number of ether oxygens (including phenoxy) is 1. The number of fused-ring (bicyclic) bond motifs is 1. The lowest BCUT2D eigenvalue weighted by molar-refractivity contribution is 0.480. The summed E-state index contributed by atoms with van der Waals surface area (Å²) in [5, 5.41) is 2.07. The molecule has 0 heterocycles. The molecule has 5 heteroatoms. The van der Waals surface area contributed by atoms with Gasteiger partial charge in [0, 0.05) is 10.5 Å². The summed E-state index contributed by atoms with van der Waals surface area (Å²) >= 11 is 9.09. The van der Waals surface area contributed by atoms with Crippen molar-refractivity contribution in [3.8, 4) is 11.5 Å². The number of hydrogen-bond acceptors (Lipinski definition) is 2. The number of benzene rings is 3. The van der Waals surface area contributed by atoms with Crippen LogP contribution in [-0.2, 0) is 0 Å². The Balaban J connectivity index is 1.98. The molecule has 0 aromatic heterocycles. The highest BCUT2D eigenvalue weighted by Crippen LogP contribution is 2.33. The molecule has 3 aromatic rings. The van der Waals surface area contributed by atoms with E-state index >= 15 is 0 Å². The fourth-order valence-corrected chi connectivity index (χ4v) is 2.57. The molecule has 0 atom stereocenters. The molecule has 0 radical (unpaired) electrons. The standard InChI is InChI=1S/C16H10BrClFNO/c17-11-3-1-10-6-12(4-2-9(10)5-11)21-16-8-14(19)13(18)7-15(16)20/h1-8H,20H2. The van der Waals surface area contributed by atoms with Gasteiger partial charge >= 0.3 is 0 Å². The van der Waals surface area contributed by atoms with Crippen LogP contribution in [0, 0.1) is 5.82 Å². The molecule has 0 aliphatic carbocycles. The van der Waals surface area contributed by atoms with E-state index in [1.54, 1.807) is 6.07 Å². The SMILES string of the molecule is Nc1cc(Cl)c(F)cc1Oc1ccc2cc(Br)ccc2c1. The van der Waals surface area contributed by atoms with E-state index in [9.17, 15) is 4.39 Å². The van der Waals surface area contributed by atoms with Gasteiger partial charge in [0.15, 0.2) is 5.75 Å². The van der Waals surface area contributed by atoms with Gasteiger partial charge in [-0.05, 0) is 41.1 Å². The van der Waals surface area contributed by atoms with Crippen LogP contribution in [0.4, 0.5) is 10.1 Å². The highest BCUT2D eigenvalue weighted by atomic mass is 79.9. The first-order valence-corrected chi connectivity index (χ1v) is 7.32. The predicted molar refractivity (Wildman–Crippen MR) is 87.5 cm³/mol. The average molecular weight is 367 g/mol. The normalized spacial score (nSPS) is 10.8. The summed E-state index contributed by atoms with van der Waals surface area (Å²) in [4.78, 5) is 0. The molecule has 3 aromatic carbocycles. The van der Waals surface area contributed by atoms with E-state index in [-0.39, 0.29) is 16.5 Å². The third kappa shape index (κ3) is 2.96. The van der Waals surface area contributed by atoms with Crippen molar-refractivity contribution >= 4 is 44.0 Å². The third-order valence-corrected chi connectivity index (χ3v) is 3.84. The van der Waals surface area contributed by atoms with Gasteiger partial charge < -0.3 is 10.5 Å². The number of nitrogen functional groups attached to an aromatic ring is 1. The van der Waals surface area contributed by atoms with Gasteiger partial charge in [-0.3, -0.25) is 0 Å². The Hall–Kier alpha value is -1.78. The van der Waals surface area contributed by atoms with Crippen molar-refractivity contribution in [2.24, 2.45) is 0 Å². The van der Waals surface area contributed by atoms with Crippen LogP contribution >= 0.6 is 27.5 Å². The number of halogens is 3.